The zero-order chi connectivity index (χ0) is 12.5. The van der Waals surface area contributed by atoms with Gasteiger partial charge in [0.1, 0.15) is 0 Å². The Bertz CT molecular complexity index is 301. The van der Waals surface area contributed by atoms with Crippen molar-refractivity contribution < 1.29 is 9.47 Å². The molecule has 96 valence electrons. The molecule has 0 fully saturated rings. The van der Waals surface area contributed by atoms with Gasteiger partial charge < -0.3 is 20.1 Å². The summed E-state index contributed by atoms with van der Waals surface area (Å²) in [6, 6.07) is 7.87. The monoisotopic (exact) mass is 238 g/mol. The molecule has 1 rings (SSSR count). The third kappa shape index (κ3) is 5.06. The van der Waals surface area contributed by atoms with Gasteiger partial charge in [0.15, 0.2) is 0 Å². The highest BCUT2D eigenvalue weighted by molar-refractivity contribution is 5.53. The highest BCUT2D eigenvalue weighted by atomic mass is 16.5. The molecule has 4 heteroatoms. The molecule has 2 N–H and O–H groups in total. The van der Waals surface area contributed by atoms with Gasteiger partial charge in [-0.1, -0.05) is 0 Å². The minimum absolute atomic E-state index is 0.705. The lowest BCUT2D eigenvalue weighted by molar-refractivity contribution is 0.151. The van der Waals surface area contributed by atoms with E-state index in [0.717, 1.165) is 37.7 Å². The third-order valence-electron chi connectivity index (χ3n) is 2.53. The van der Waals surface area contributed by atoms with Crippen molar-refractivity contribution in [3.05, 3.63) is 24.3 Å². The number of methoxy groups -OCH3 is 1. The molecular formula is C13H22N2O2. The Morgan fingerprint density at radius 2 is 1.76 bits per heavy atom. The van der Waals surface area contributed by atoms with Crippen LogP contribution in [0.4, 0.5) is 11.4 Å². The lowest BCUT2D eigenvalue weighted by Crippen LogP contribution is -2.30. The maximum absolute atomic E-state index is 5.68. The Labute approximate surface area is 103 Å². The molecule has 0 aliphatic heterocycles. The van der Waals surface area contributed by atoms with Crippen molar-refractivity contribution in [2.75, 3.05) is 50.7 Å². The summed E-state index contributed by atoms with van der Waals surface area (Å²) in [7, 11) is 1.71. The Kier molecular flexibility index (Phi) is 6.43. The van der Waals surface area contributed by atoms with E-state index in [1.54, 1.807) is 7.11 Å². The first-order valence-corrected chi connectivity index (χ1v) is 5.95. The molecule has 0 radical (unpaired) electrons. The maximum Gasteiger partial charge on any atom is 0.0641 e. The van der Waals surface area contributed by atoms with E-state index in [9.17, 15) is 0 Å². The number of anilines is 2. The van der Waals surface area contributed by atoms with E-state index >= 15 is 0 Å². The Balaban J connectivity index is 2.57. The lowest BCUT2D eigenvalue weighted by Gasteiger charge is -2.24. The van der Waals surface area contributed by atoms with Crippen LogP contribution in [-0.2, 0) is 9.47 Å². The zero-order valence-corrected chi connectivity index (χ0v) is 10.7. The second-order valence-electron chi connectivity index (χ2n) is 3.77. The number of nitrogens with two attached hydrogens (primary N) is 1. The first kappa shape index (κ1) is 13.8. The lowest BCUT2D eigenvalue weighted by atomic mass is 10.2. The first-order chi connectivity index (χ1) is 8.27. The molecule has 17 heavy (non-hydrogen) atoms. The van der Waals surface area contributed by atoms with Crippen molar-refractivity contribution in [3.63, 3.8) is 0 Å². The van der Waals surface area contributed by atoms with E-state index in [4.69, 9.17) is 15.2 Å². The second-order valence-corrected chi connectivity index (χ2v) is 3.77. The number of hydrogen-bond acceptors (Lipinski definition) is 4. The summed E-state index contributed by atoms with van der Waals surface area (Å²) in [6.07, 6.45) is 0. The molecule has 0 amide bonds. The minimum Gasteiger partial charge on any atom is -0.399 e. The highest BCUT2D eigenvalue weighted by Crippen LogP contribution is 2.15. The number of nitrogens with zero attached hydrogens (tertiary/aromatic N) is 1. The van der Waals surface area contributed by atoms with E-state index in [1.807, 2.05) is 31.2 Å². The third-order valence-corrected chi connectivity index (χ3v) is 2.53. The molecule has 0 saturated carbocycles. The number of rotatable bonds is 8. The summed E-state index contributed by atoms with van der Waals surface area (Å²) in [5.41, 5.74) is 7.61. The fourth-order valence-corrected chi connectivity index (χ4v) is 1.58. The van der Waals surface area contributed by atoms with Crippen LogP contribution in [0.3, 0.4) is 0 Å². The standard InChI is InChI=1S/C13H22N2O2/c1-3-17-11-9-15(8-10-16-2)13-6-4-12(14)5-7-13/h4-7H,3,8-11,14H2,1-2H3. The highest BCUT2D eigenvalue weighted by Gasteiger charge is 2.05. The molecule has 0 spiro atoms. The fraction of sp³-hybridized carbons (Fsp3) is 0.538. The summed E-state index contributed by atoms with van der Waals surface area (Å²) in [4.78, 5) is 2.23. The number of benzene rings is 1. The molecule has 0 unspecified atom stereocenters. The molecule has 0 saturated heterocycles. The van der Waals surface area contributed by atoms with Crippen molar-refractivity contribution in [1.82, 2.24) is 0 Å². The molecule has 0 aromatic heterocycles. The molecule has 0 bridgehead atoms. The summed E-state index contributed by atoms with van der Waals surface area (Å²) < 4.78 is 10.5. The van der Waals surface area contributed by atoms with Crippen molar-refractivity contribution in [2.24, 2.45) is 0 Å². The van der Waals surface area contributed by atoms with Crippen LogP contribution in [0, 0.1) is 0 Å². The predicted octanol–water partition coefficient (Wildman–Crippen LogP) is 1.76. The normalized spacial score (nSPS) is 10.5. The first-order valence-electron chi connectivity index (χ1n) is 5.95. The number of nitrogen functional groups attached to an aromatic ring is 1. The Hall–Kier alpha value is -1.26. The van der Waals surface area contributed by atoms with E-state index in [-0.39, 0.29) is 0 Å². The van der Waals surface area contributed by atoms with Gasteiger partial charge in [0, 0.05) is 38.2 Å². The molecule has 4 nitrogen and oxygen atoms in total. The molecule has 0 heterocycles. The summed E-state index contributed by atoms with van der Waals surface area (Å²) in [6.45, 7) is 5.90. The molecule has 0 aliphatic rings. The smallest absolute Gasteiger partial charge is 0.0641 e. The van der Waals surface area contributed by atoms with E-state index in [0.29, 0.717) is 6.61 Å². The van der Waals surface area contributed by atoms with Gasteiger partial charge in [-0.05, 0) is 31.2 Å². The van der Waals surface area contributed by atoms with Crippen molar-refractivity contribution >= 4 is 11.4 Å². The van der Waals surface area contributed by atoms with Crippen LogP contribution in [0.1, 0.15) is 6.92 Å². The van der Waals surface area contributed by atoms with Crippen LogP contribution in [0.15, 0.2) is 24.3 Å². The van der Waals surface area contributed by atoms with Gasteiger partial charge in [-0.2, -0.15) is 0 Å². The van der Waals surface area contributed by atoms with Crippen LogP contribution >= 0.6 is 0 Å². The van der Waals surface area contributed by atoms with Crippen molar-refractivity contribution in [3.8, 4) is 0 Å². The maximum atomic E-state index is 5.68. The summed E-state index contributed by atoms with van der Waals surface area (Å²) in [5, 5.41) is 0. The molecule has 1 aromatic carbocycles. The van der Waals surface area contributed by atoms with E-state index in [1.165, 1.54) is 0 Å². The van der Waals surface area contributed by atoms with E-state index in [2.05, 4.69) is 4.90 Å². The van der Waals surface area contributed by atoms with Gasteiger partial charge in [-0.25, -0.2) is 0 Å². The van der Waals surface area contributed by atoms with Crippen LogP contribution in [-0.4, -0.2) is 40.0 Å². The molecule has 1 aromatic rings. The zero-order valence-electron chi connectivity index (χ0n) is 10.7. The van der Waals surface area contributed by atoms with Gasteiger partial charge >= 0.3 is 0 Å². The number of ether oxygens (including phenoxy) is 2. The minimum atomic E-state index is 0.705. The predicted molar refractivity (Wildman–Crippen MR) is 71.4 cm³/mol. The molecule has 0 atom stereocenters. The van der Waals surface area contributed by atoms with E-state index < -0.39 is 0 Å². The molecule has 0 aliphatic carbocycles. The largest absolute Gasteiger partial charge is 0.399 e. The quantitative estimate of drug-likeness (QED) is 0.554. The van der Waals surface area contributed by atoms with Gasteiger partial charge in [0.2, 0.25) is 0 Å². The molecular weight excluding hydrogens is 216 g/mol. The van der Waals surface area contributed by atoms with Crippen LogP contribution in [0.25, 0.3) is 0 Å². The second kappa shape index (κ2) is 7.92. The summed E-state index contributed by atoms with van der Waals surface area (Å²) in [5.74, 6) is 0. The van der Waals surface area contributed by atoms with Crippen molar-refractivity contribution in [2.45, 2.75) is 6.92 Å². The van der Waals surface area contributed by atoms with Crippen LogP contribution in [0.5, 0.6) is 0 Å². The SMILES string of the molecule is CCOCCN(CCOC)c1ccc(N)cc1. The average molecular weight is 238 g/mol. The Morgan fingerprint density at radius 3 is 2.35 bits per heavy atom. The average Bonchev–Trinajstić information content (AvgIpc) is 2.35. The topological polar surface area (TPSA) is 47.7 Å². The van der Waals surface area contributed by atoms with Gasteiger partial charge in [-0.3, -0.25) is 0 Å². The van der Waals surface area contributed by atoms with Gasteiger partial charge in [0.25, 0.3) is 0 Å². The van der Waals surface area contributed by atoms with Crippen LogP contribution < -0.4 is 10.6 Å². The summed E-state index contributed by atoms with van der Waals surface area (Å²) >= 11 is 0. The van der Waals surface area contributed by atoms with Crippen molar-refractivity contribution in [1.29, 1.82) is 0 Å². The van der Waals surface area contributed by atoms with Gasteiger partial charge in [-0.15, -0.1) is 0 Å². The Morgan fingerprint density at radius 1 is 1.12 bits per heavy atom. The fourth-order valence-electron chi connectivity index (χ4n) is 1.58. The van der Waals surface area contributed by atoms with Crippen LogP contribution in [0.2, 0.25) is 0 Å². The van der Waals surface area contributed by atoms with Gasteiger partial charge in [0.05, 0.1) is 13.2 Å². The number of hydrogen-bond donors (Lipinski definition) is 1.